The van der Waals surface area contributed by atoms with E-state index in [1.807, 2.05) is 5.38 Å². The van der Waals surface area contributed by atoms with Gasteiger partial charge in [-0.3, -0.25) is 0 Å². The molecule has 3 rings (SSSR count). The highest BCUT2D eigenvalue weighted by atomic mass is 32.1. The molecular weight excluding hydrogens is 356 g/mol. The molecule has 4 nitrogen and oxygen atoms in total. The molecule has 2 aromatic carbocycles. The van der Waals surface area contributed by atoms with E-state index in [9.17, 15) is 10.1 Å². The predicted octanol–water partition coefficient (Wildman–Crippen LogP) is 5.22. The molecule has 1 heterocycles. The van der Waals surface area contributed by atoms with Gasteiger partial charge >= 0.3 is 5.97 Å². The van der Waals surface area contributed by atoms with Gasteiger partial charge in [-0.2, -0.15) is 5.26 Å². The highest BCUT2D eigenvalue weighted by Gasteiger charge is 2.10. The smallest absolute Gasteiger partial charge is 0.337 e. The van der Waals surface area contributed by atoms with Crippen LogP contribution >= 0.6 is 11.3 Å². The highest BCUT2D eigenvalue weighted by molar-refractivity contribution is 7.11. The van der Waals surface area contributed by atoms with Crippen molar-refractivity contribution in [3.8, 4) is 17.3 Å². The highest BCUT2D eigenvalue weighted by Crippen LogP contribution is 2.27. The largest absolute Gasteiger partial charge is 0.465 e. The van der Waals surface area contributed by atoms with Crippen LogP contribution in [0.5, 0.6) is 0 Å². The Hall–Kier alpha value is -3.23. The van der Waals surface area contributed by atoms with Crippen LogP contribution in [0.4, 0.5) is 0 Å². The number of benzene rings is 2. The number of nitrogens with zero attached hydrogens (tertiary/aromatic N) is 2. The monoisotopic (exact) mass is 374 g/mol. The number of allylic oxidation sites excluding steroid dienone is 1. The Kier molecular flexibility index (Phi) is 5.80. The van der Waals surface area contributed by atoms with Crippen molar-refractivity contribution < 1.29 is 9.53 Å². The van der Waals surface area contributed by atoms with Gasteiger partial charge in [0.25, 0.3) is 0 Å². The number of carbonyl (C=O) groups excluding carboxylic acids is 1. The lowest BCUT2D eigenvalue weighted by atomic mass is 10.1. The summed E-state index contributed by atoms with van der Waals surface area (Å²) >= 11 is 1.44. The second-order valence-electron chi connectivity index (χ2n) is 5.87. The number of rotatable bonds is 5. The molecule has 134 valence electrons. The Balaban J connectivity index is 1.85. The number of esters is 1. The normalized spacial score (nSPS) is 11.1. The van der Waals surface area contributed by atoms with Crippen LogP contribution in [-0.4, -0.2) is 18.1 Å². The summed E-state index contributed by atoms with van der Waals surface area (Å²) in [5, 5.41) is 12.2. The van der Waals surface area contributed by atoms with Gasteiger partial charge in [-0.1, -0.05) is 43.3 Å². The minimum Gasteiger partial charge on any atom is -0.465 e. The van der Waals surface area contributed by atoms with Crippen LogP contribution < -0.4 is 0 Å². The number of carbonyl (C=O) groups is 1. The summed E-state index contributed by atoms with van der Waals surface area (Å²) < 4.78 is 4.69. The molecule has 0 fully saturated rings. The lowest BCUT2D eigenvalue weighted by Crippen LogP contribution is -2.00. The third-order valence-electron chi connectivity index (χ3n) is 4.16. The molecule has 0 unspecified atom stereocenters. The van der Waals surface area contributed by atoms with E-state index in [0.29, 0.717) is 16.1 Å². The van der Waals surface area contributed by atoms with Crippen molar-refractivity contribution >= 4 is 29.0 Å². The minimum atomic E-state index is -0.385. The maximum atomic E-state index is 11.5. The minimum absolute atomic E-state index is 0.385. The Bertz CT molecular complexity index is 1010. The molecule has 0 atom stereocenters. The molecule has 0 radical (unpaired) electrons. The first kappa shape index (κ1) is 18.6. The predicted molar refractivity (Wildman–Crippen MR) is 108 cm³/mol. The molecule has 0 amide bonds. The van der Waals surface area contributed by atoms with Crippen LogP contribution in [-0.2, 0) is 11.2 Å². The zero-order chi connectivity index (χ0) is 19.2. The molecule has 0 N–H and O–H groups in total. The van der Waals surface area contributed by atoms with E-state index in [0.717, 1.165) is 23.2 Å². The van der Waals surface area contributed by atoms with Gasteiger partial charge in [0.15, 0.2) is 0 Å². The SMILES string of the molecule is CCc1ccc(-c2csc(C(C#N)=Cc3ccc(C(=O)OC)cc3)n2)cc1. The summed E-state index contributed by atoms with van der Waals surface area (Å²) in [6, 6.07) is 17.4. The number of aromatic nitrogens is 1. The molecule has 0 spiro atoms. The standard InChI is InChI=1S/C22H18N2O2S/c1-3-15-4-8-17(9-5-15)20-14-27-21(24-20)19(13-23)12-16-6-10-18(11-7-16)22(25)26-2/h4-12,14H,3H2,1-2H3. The van der Waals surface area contributed by atoms with E-state index >= 15 is 0 Å². The van der Waals surface area contributed by atoms with E-state index < -0.39 is 0 Å². The van der Waals surface area contributed by atoms with Crippen molar-refractivity contribution in [3.63, 3.8) is 0 Å². The van der Waals surface area contributed by atoms with Gasteiger partial charge in [-0.25, -0.2) is 9.78 Å². The van der Waals surface area contributed by atoms with E-state index in [4.69, 9.17) is 4.74 Å². The number of aryl methyl sites for hydroxylation is 1. The molecule has 0 saturated heterocycles. The molecule has 0 aliphatic carbocycles. The van der Waals surface area contributed by atoms with Crippen LogP contribution in [0.3, 0.4) is 0 Å². The third-order valence-corrected chi connectivity index (χ3v) is 5.03. The maximum Gasteiger partial charge on any atom is 0.337 e. The first-order valence-electron chi connectivity index (χ1n) is 8.50. The first-order valence-corrected chi connectivity index (χ1v) is 9.38. The Labute approximate surface area is 162 Å². The molecule has 3 aromatic rings. The number of hydrogen-bond acceptors (Lipinski definition) is 5. The van der Waals surface area contributed by atoms with Gasteiger partial charge in [-0.05, 0) is 35.8 Å². The zero-order valence-corrected chi connectivity index (χ0v) is 15.9. The maximum absolute atomic E-state index is 11.5. The number of hydrogen-bond donors (Lipinski definition) is 0. The summed E-state index contributed by atoms with van der Waals surface area (Å²) in [5.41, 5.74) is 4.96. The average Bonchev–Trinajstić information content (AvgIpc) is 3.22. The number of ether oxygens (including phenoxy) is 1. The average molecular weight is 374 g/mol. The number of methoxy groups -OCH3 is 1. The summed E-state index contributed by atoms with van der Waals surface area (Å²) in [6.45, 7) is 2.12. The van der Waals surface area contributed by atoms with Crippen LogP contribution in [0.25, 0.3) is 22.9 Å². The molecule has 5 heteroatoms. The van der Waals surface area contributed by atoms with Gasteiger partial charge in [0.2, 0.25) is 0 Å². The van der Waals surface area contributed by atoms with Crippen molar-refractivity contribution in [2.24, 2.45) is 0 Å². The van der Waals surface area contributed by atoms with Crippen molar-refractivity contribution in [3.05, 3.63) is 75.6 Å². The quantitative estimate of drug-likeness (QED) is 0.453. The van der Waals surface area contributed by atoms with E-state index in [1.54, 1.807) is 30.3 Å². The van der Waals surface area contributed by atoms with Crippen LogP contribution in [0.2, 0.25) is 0 Å². The van der Waals surface area contributed by atoms with Crippen LogP contribution in [0, 0.1) is 11.3 Å². The fourth-order valence-electron chi connectivity index (χ4n) is 2.58. The fraction of sp³-hybridized carbons (Fsp3) is 0.136. The summed E-state index contributed by atoms with van der Waals surface area (Å²) in [5.74, 6) is -0.385. The lowest BCUT2D eigenvalue weighted by molar-refractivity contribution is 0.0600. The zero-order valence-electron chi connectivity index (χ0n) is 15.1. The summed E-state index contributed by atoms with van der Waals surface area (Å²) in [4.78, 5) is 16.1. The third kappa shape index (κ3) is 4.30. The molecular formula is C22H18N2O2S. The molecule has 0 saturated carbocycles. The second-order valence-corrected chi connectivity index (χ2v) is 6.73. The van der Waals surface area contributed by atoms with Gasteiger partial charge in [0, 0.05) is 10.9 Å². The lowest BCUT2D eigenvalue weighted by Gasteiger charge is -2.00. The van der Waals surface area contributed by atoms with Gasteiger partial charge < -0.3 is 4.74 Å². The molecule has 0 aliphatic rings. The molecule has 0 aliphatic heterocycles. The number of nitriles is 1. The van der Waals surface area contributed by atoms with Gasteiger partial charge in [0.1, 0.15) is 11.1 Å². The van der Waals surface area contributed by atoms with Crippen LogP contribution in [0.15, 0.2) is 53.9 Å². The van der Waals surface area contributed by atoms with Crippen molar-refractivity contribution in [1.29, 1.82) is 5.26 Å². The van der Waals surface area contributed by atoms with Gasteiger partial charge in [0.05, 0.1) is 23.9 Å². The second kappa shape index (κ2) is 8.43. The van der Waals surface area contributed by atoms with E-state index in [2.05, 4.69) is 42.2 Å². The van der Waals surface area contributed by atoms with E-state index in [-0.39, 0.29) is 5.97 Å². The molecule has 27 heavy (non-hydrogen) atoms. The van der Waals surface area contributed by atoms with Gasteiger partial charge in [-0.15, -0.1) is 11.3 Å². The Morgan fingerprint density at radius 2 is 1.89 bits per heavy atom. The van der Waals surface area contributed by atoms with E-state index in [1.165, 1.54) is 24.0 Å². The molecule has 0 bridgehead atoms. The number of thiazole rings is 1. The summed E-state index contributed by atoms with van der Waals surface area (Å²) in [6.07, 6.45) is 2.77. The first-order chi connectivity index (χ1) is 13.1. The topological polar surface area (TPSA) is 63.0 Å². The fourth-order valence-corrected chi connectivity index (χ4v) is 3.38. The van der Waals surface area contributed by atoms with Crippen molar-refractivity contribution in [2.45, 2.75) is 13.3 Å². The van der Waals surface area contributed by atoms with Crippen molar-refractivity contribution in [2.75, 3.05) is 7.11 Å². The van der Waals surface area contributed by atoms with Crippen molar-refractivity contribution in [1.82, 2.24) is 4.98 Å². The molecule has 1 aromatic heterocycles. The summed E-state index contributed by atoms with van der Waals surface area (Å²) in [7, 11) is 1.35. The van der Waals surface area contributed by atoms with Crippen LogP contribution in [0.1, 0.15) is 33.4 Å². The Morgan fingerprint density at radius 3 is 2.48 bits per heavy atom. The Morgan fingerprint density at radius 1 is 1.19 bits per heavy atom.